The SMILES string of the molecule is CSc1ccc(Cl)c(C(=O)N2CC3CNCC3C2)c1. The summed E-state index contributed by atoms with van der Waals surface area (Å²) in [6, 6.07) is 5.67. The van der Waals surface area contributed by atoms with E-state index in [4.69, 9.17) is 11.6 Å². The first-order valence-electron chi connectivity index (χ1n) is 6.52. The summed E-state index contributed by atoms with van der Waals surface area (Å²) < 4.78 is 0. The minimum atomic E-state index is 0.0790. The van der Waals surface area contributed by atoms with Gasteiger partial charge in [-0.15, -0.1) is 11.8 Å². The van der Waals surface area contributed by atoms with Gasteiger partial charge < -0.3 is 10.2 Å². The molecule has 2 aliphatic rings. The van der Waals surface area contributed by atoms with Crippen molar-refractivity contribution in [3.8, 4) is 0 Å². The molecule has 0 aromatic heterocycles. The van der Waals surface area contributed by atoms with Gasteiger partial charge >= 0.3 is 0 Å². The molecule has 0 bridgehead atoms. The van der Waals surface area contributed by atoms with Gasteiger partial charge in [-0.3, -0.25) is 4.79 Å². The molecule has 2 atom stereocenters. The second-order valence-electron chi connectivity index (χ2n) is 5.23. The first kappa shape index (κ1) is 13.3. The van der Waals surface area contributed by atoms with Crippen molar-refractivity contribution in [1.29, 1.82) is 0 Å². The molecule has 0 saturated carbocycles. The van der Waals surface area contributed by atoms with Gasteiger partial charge in [-0.25, -0.2) is 0 Å². The first-order chi connectivity index (χ1) is 9.19. The monoisotopic (exact) mass is 296 g/mol. The molecular weight excluding hydrogens is 280 g/mol. The van der Waals surface area contributed by atoms with Crippen LogP contribution in [0.15, 0.2) is 23.1 Å². The third-order valence-electron chi connectivity index (χ3n) is 4.08. The zero-order chi connectivity index (χ0) is 13.4. The Bertz CT molecular complexity index is 496. The largest absolute Gasteiger partial charge is 0.338 e. The van der Waals surface area contributed by atoms with Gasteiger partial charge in [0.05, 0.1) is 10.6 Å². The lowest BCUT2D eigenvalue weighted by Crippen LogP contribution is -2.32. The number of halogens is 1. The van der Waals surface area contributed by atoms with Gasteiger partial charge in [0, 0.05) is 31.1 Å². The van der Waals surface area contributed by atoms with Gasteiger partial charge in [0.25, 0.3) is 5.91 Å². The Balaban J connectivity index is 1.80. The normalized spacial score (nSPS) is 25.7. The number of thioether (sulfide) groups is 1. The van der Waals surface area contributed by atoms with Crippen LogP contribution in [0.2, 0.25) is 5.02 Å². The number of hydrogen-bond donors (Lipinski definition) is 1. The number of nitrogens with one attached hydrogen (secondary N) is 1. The highest BCUT2D eigenvalue weighted by molar-refractivity contribution is 7.98. The molecule has 0 spiro atoms. The Labute approximate surface area is 122 Å². The van der Waals surface area contributed by atoms with Gasteiger partial charge in [0.15, 0.2) is 0 Å². The molecule has 3 nitrogen and oxygen atoms in total. The molecule has 1 amide bonds. The van der Waals surface area contributed by atoms with Crippen molar-refractivity contribution in [1.82, 2.24) is 10.2 Å². The summed E-state index contributed by atoms with van der Waals surface area (Å²) in [5.41, 5.74) is 0.640. The van der Waals surface area contributed by atoms with E-state index in [1.165, 1.54) is 0 Å². The van der Waals surface area contributed by atoms with Crippen LogP contribution < -0.4 is 5.32 Å². The second-order valence-corrected chi connectivity index (χ2v) is 6.52. The second kappa shape index (κ2) is 5.35. The maximum Gasteiger partial charge on any atom is 0.255 e. The standard InChI is InChI=1S/C14H17ClN2OS/c1-19-11-2-3-13(15)12(4-11)14(18)17-7-9-5-16-6-10(9)8-17/h2-4,9-10,16H,5-8H2,1H3. The lowest BCUT2D eigenvalue weighted by atomic mass is 10.0. The average molecular weight is 297 g/mol. The molecule has 1 N–H and O–H groups in total. The van der Waals surface area contributed by atoms with E-state index in [1.54, 1.807) is 11.8 Å². The van der Waals surface area contributed by atoms with E-state index in [9.17, 15) is 4.79 Å². The van der Waals surface area contributed by atoms with Crippen LogP contribution in [-0.4, -0.2) is 43.2 Å². The van der Waals surface area contributed by atoms with E-state index < -0.39 is 0 Å². The molecule has 5 heteroatoms. The van der Waals surface area contributed by atoms with Crippen molar-refractivity contribution in [2.75, 3.05) is 32.4 Å². The minimum Gasteiger partial charge on any atom is -0.338 e. The third-order valence-corrected chi connectivity index (χ3v) is 5.14. The highest BCUT2D eigenvalue weighted by Gasteiger charge is 2.38. The van der Waals surface area contributed by atoms with Gasteiger partial charge in [-0.05, 0) is 36.3 Å². The molecule has 2 fully saturated rings. The number of nitrogens with zero attached hydrogens (tertiary/aromatic N) is 1. The van der Waals surface area contributed by atoms with Crippen LogP contribution in [0.4, 0.5) is 0 Å². The minimum absolute atomic E-state index is 0.0790. The summed E-state index contributed by atoms with van der Waals surface area (Å²) in [5.74, 6) is 1.31. The van der Waals surface area contributed by atoms with Gasteiger partial charge in [-0.1, -0.05) is 11.6 Å². The molecule has 1 aromatic carbocycles. The Morgan fingerprint density at radius 1 is 1.37 bits per heavy atom. The Morgan fingerprint density at radius 3 is 2.68 bits per heavy atom. The molecule has 1 aromatic rings. The molecule has 102 valence electrons. The predicted octanol–water partition coefficient (Wildman–Crippen LogP) is 2.35. The molecule has 2 heterocycles. The summed E-state index contributed by atoms with van der Waals surface area (Å²) in [7, 11) is 0. The van der Waals surface area contributed by atoms with Crippen LogP contribution >= 0.6 is 23.4 Å². The molecule has 2 aliphatic heterocycles. The van der Waals surface area contributed by atoms with Crippen LogP contribution in [-0.2, 0) is 0 Å². The number of carbonyl (C=O) groups excluding carboxylic acids is 1. The van der Waals surface area contributed by atoms with E-state index in [1.807, 2.05) is 29.4 Å². The van der Waals surface area contributed by atoms with Crippen LogP contribution in [0.5, 0.6) is 0 Å². The highest BCUT2D eigenvalue weighted by Crippen LogP contribution is 2.30. The summed E-state index contributed by atoms with van der Waals surface area (Å²) in [6.07, 6.45) is 2.00. The molecule has 3 rings (SSSR count). The lowest BCUT2D eigenvalue weighted by molar-refractivity contribution is 0.0781. The zero-order valence-corrected chi connectivity index (χ0v) is 12.4. The number of rotatable bonds is 2. The summed E-state index contributed by atoms with van der Waals surface area (Å²) in [5, 5.41) is 3.94. The fraction of sp³-hybridized carbons (Fsp3) is 0.500. The lowest BCUT2D eigenvalue weighted by Gasteiger charge is -2.18. The third kappa shape index (κ3) is 2.49. The number of hydrogen-bond acceptors (Lipinski definition) is 3. The van der Waals surface area contributed by atoms with E-state index in [0.29, 0.717) is 22.4 Å². The van der Waals surface area contributed by atoms with E-state index >= 15 is 0 Å². The average Bonchev–Trinajstić information content (AvgIpc) is 2.99. The Hall–Kier alpha value is -0.710. The van der Waals surface area contributed by atoms with Crippen molar-refractivity contribution < 1.29 is 4.79 Å². The fourth-order valence-electron chi connectivity index (χ4n) is 2.99. The molecule has 2 saturated heterocycles. The van der Waals surface area contributed by atoms with E-state index in [2.05, 4.69) is 5.32 Å². The number of amides is 1. The molecule has 0 radical (unpaired) electrons. The van der Waals surface area contributed by atoms with Crippen LogP contribution in [0.1, 0.15) is 10.4 Å². The quantitative estimate of drug-likeness (QED) is 0.850. The van der Waals surface area contributed by atoms with Crippen LogP contribution in [0.25, 0.3) is 0 Å². The van der Waals surface area contributed by atoms with Gasteiger partial charge in [-0.2, -0.15) is 0 Å². The van der Waals surface area contributed by atoms with Crippen LogP contribution in [0.3, 0.4) is 0 Å². The number of fused-ring (bicyclic) bond motifs is 1. The number of benzene rings is 1. The number of likely N-dealkylation sites (tertiary alicyclic amines) is 1. The zero-order valence-electron chi connectivity index (χ0n) is 10.9. The van der Waals surface area contributed by atoms with Crippen molar-refractivity contribution in [2.24, 2.45) is 11.8 Å². The fourth-order valence-corrected chi connectivity index (χ4v) is 3.63. The smallest absolute Gasteiger partial charge is 0.255 e. The molecular formula is C14H17ClN2OS. The highest BCUT2D eigenvalue weighted by atomic mass is 35.5. The van der Waals surface area contributed by atoms with Crippen molar-refractivity contribution in [3.05, 3.63) is 28.8 Å². The van der Waals surface area contributed by atoms with Gasteiger partial charge in [0.1, 0.15) is 0 Å². The van der Waals surface area contributed by atoms with Crippen LogP contribution in [0, 0.1) is 11.8 Å². The maximum atomic E-state index is 12.6. The molecule has 2 unspecified atom stereocenters. The van der Waals surface area contributed by atoms with E-state index in [0.717, 1.165) is 31.1 Å². The summed E-state index contributed by atoms with van der Waals surface area (Å²) in [4.78, 5) is 15.6. The Kier molecular flexibility index (Phi) is 3.74. The van der Waals surface area contributed by atoms with E-state index in [-0.39, 0.29) is 5.91 Å². The predicted molar refractivity (Wildman–Crippen MR) is 79.0 cm³/mol. The molecule has 19 heavy (non-hydrogen) atoms. The summed E-state index contributed by atoms with van der Waals surface area (Å²) >= 11 is 7.81. The maximum absolute atomic E-state index is 12.6. The van der Waals surface area contributed by atoms with Crippen molar-refractivity contribution >= 4 is 29.3 Å². The Morgan fingerprint density at radius 2 is 2.05 bits per heavy atom. The number of carbonyl (C=O) groups is 1. The van der Waals surface area contributed by atoms with Gasteiger partial charge in [0.2, 0.25) is 0 Å². The van der Waals surface area contributed by atoms with Crippen molar-refractivity contribution in [3.63, 3.8) is 0 Å². The van der Waals surface area contributed by atoms with Crippen molar-refractivity contribution in [2.45, 2.75) is 4.90 Å². The first-order valence-corrected chi connectivity index (χ1v) is 8.13. The summed E-state index contributed by atoms with van der Waals surface area (Å²) in [6.45, 7) is 3.78. The topological polar surface area (TPSA) is 32.3 Å². The molecule has 0 aliphatic carbocycles.